The van der Waals surface area contributed by atoms with Crippen LogP contribution in [0.5, 0.6) is 0 Å². The number of hydrogen-bond donors (Lipinski definition) is 2. The van der Waals surface area contributed by atoms with Gasteiger partial charge in [0.05, 0.1) is 16.6 Å². The van der Waals surface area contributed by atoms with Crippen molar-refractivity contribution < 1.29 is 13.2 Å². The number of anilines is 2. The number of sulfone groups is 1. The van der Waals surface area contributed by atoms with Gasteiger partial charge in [0.2, 0.25) is 5.91 Å². The van der Waals surface area contributed by atoms with Crippen LogP contribution in [-0.4, -0.2) is 30.6 Å². The molecule has 0 aliphatic carbocycles. The molecule has 1 heterocycles. The molecule has 0 bridgehead atoms. The standard InChI is InChI=1S/C18H22BrN3O3S/c1-18(2,3)26(24,25)17-9-8-15(12-21-17)20-11-10-16(23)22-14-6-4-13(19)5-7-14/h4-9,12,20H,10-11H2,1-3H3,(H,22,23). The molecule has 1 aromatic heterocycles. The first kappa shape index (κ1) is 20.4. The Hall–Kier alpha value is -1.93. The van der Waals surface area contributed by atoms with Gasteiger partial charge in [-0.15, -0.1) is 0 Å². The first-order chi connectivity index (χ1) is 12.1. The molecule has 0 spiro atoms. The van der Waals surface area contributed by atoms with E-state index < -0.39 is 14.6 Å². The molecule has 2 aromatic rings. The monoisotopic (exact) mass is 439 g/mol. The Morgan fingerprint density at radius 2 is 1.69 bits per heavy atom. The predicted molar refractivity (Wildman–Crippen MR) is 107 cm³/mol. The highest BCUT2D eigenvalue weighted by Crippen LogP contribution is 2.23. The number of nitrogens with zero attached hydrogens (tertiary/aromatic N) is 1. The SMILES string of the molecule is CC(C)(C)S(=O)(=O)c1ccc(NCCC(=O)Nc2ccc(Br)cc2)cn1. The van der Waals surface area contributed by atoms with Gasteiger partial charge in [-0.3, -0.25) is 4.79 Å². The molecular weight excluding hydrogens is 418 g/mol. The van der Waals surface area contributed by atoms with E-state index >= 15 is 0 Å². The fourth-order valence-corrected chi connectivity index (χ4v) is 3.37. The van der Waals surface area contributed by atoms with Crippen LogP contribution >= 0.6 is 15.9 Å². The maximum Gasteiger partial charge on any atom is 0.226 e. The van der Waals surface area contributed by atoms with Crippen molar-refractivity contribution in [3.8, 4) is 0 Å². The summed E-state index contributed by atoms with van der Waals surface area (Å²) in [6, 6.07) is 10.5. The van der Waals surface area contributed by atoms with Crippen molar-refractivity contribution in [1.82, 2.24) is 4.98 Å². The molecule has 0 radical (unpaired) electrons. The van der Waals surface area contributed by atoms with Crippen molar-refractivity contribution in [2.45, 2.75) is 37.0 Å². The molecule has 2 N–H and O–H groups in total. The quantitative estimate of drug-likeness (QED) is 0.713. The van der Waals surface area contributed by atoms with E-state index in [9.17, 15) is 13.2 Å². The number of hydrogen-bond acceptors (Lipinski definition) is 5. The number of amides is 1. The zero-order valence-electron chi connectivity index (χ0n) is 14.9. The van der Waals surface area contributed by atoms with Crippen LogP contribution in [0.1, 0.15) is 27.2 Å². The third kappa shape index (κ3) is 5.28. The summed E-state index contributed by atoms with van der Waals surface area (Å²) in [6.45, 7) is 5.33. The Morgan fingerprint density at radius 1 is 1.08 bits per heavy atom. The summed E-state index contributed by atoms with van der Waals surface area (Å²) >= 11 is 3.34. The van der Waals surface area contributed by atoms with Crippen molar-refractivity contribution in [3.05, 3.63) is 47.1 Å². The highest BCUT2D eigenvalue weighted by Gasteiger charge is 2.31. The lowest BCUT2D eigenvalue weighted by atomic mass is 10.3. The van der Waals surface area contributed by atoms with Crippen LogP contribution in [0.2, 0.25) is 0 Å². The smallest absolute Gasteiger partial charge is 0.226 e. The highest BCUT2D eigenvalue weighted by atomic mass is 79.9. The molecule has 0 atom stereocenters. The van der Waals surface area contributed by atoms with Crippen molar-refractivity contribution in [2.75, 3.05) is 17.2 Å². The number of rotatable bonds is 6. The van der Waals surface area contributed by atoms with Crippen LogP contribution in [0.3, 0.4) is 0 Å². The second kappa shape index (κ2) is 8.18. The number of carbonyl (C=O) groups is 1. The molecule has 26 heavy (non-hydrogen) atoms. The Morgan fingerprint density at radius 3 is 2.23 bits per heavy atom. The second-order valence-electron chi connectivity index (χ2n) is 6.73. The summed E-state index contributed by atoms with van der Waals surface area (Å²) in [7, 11) is -3.47. The van der Waals surface area contributed by atoms with Crippen LogP contribution in [0.15, 0.2) is 52.1 Å². The van der Waals surface area contributed by atoms with Crippen LogP contribution in [0, 0.1) is 0 Å². The maximum absolute atomic E-state index is 12.3. The molecule has 140 valence electrons. The molecule has 1 amide bonds. The van der Waals surface area contributed by atoms with Gasteiger partial charge in [-0.2, -0.15) is 0 Å². The molecule has 6 nitrogen and oxygen atoms in total. The van der Waals surface area contributed by atoms with Gasteiger partial charge in [0.15, 0.2) is 14.9 Å². The fraction of sp³-hybridized carbons (Fsp3) is 0.333. The minimum Gasteiger partial charge on any atom is -0.383 e. The molecular formula is C18H22BrN3O3S. The van der Waals surface area contributed by atoms with Gasteiger partial charge in [0, 0.05) is 23.1 Å². The molecule has 0 unspecified atom stereocenters. The van der Waals surface area contributed by atoms with E-state index in [1.807, 2.05) is 24.3 Å². The van der Waals surface area contributed by atoms with Gasteiger partial charge in [-0.05, 0) is 57.2 Å². The summed E-state index contributed by atoms with van der Waals surface area (Å²) in [6.07, 6.45) is 1.74. The Balaban J connectivity index is 1.86. The van der Waals surface area contributed by atoms with E-state index in [-0.39, 0.29) is 17.4 Å². The van der Waals surface area contributed by atoms with E-state index in [1.54, 1.807) is 26.8 Å². The van der Waals surface area contributed by atoms with Gasteiger partial charge >= 0.3 is 0 Å². The topological polar surface area (TPSA) is 88.2 Å². The number of halogens is 1. The summed E-state index contributed by atoms with van der Waals surface area (Å²) in [5, 5.41) is 5.91. The highest BCUT2D eigenvalue weighted by molar-refractivity contribution is 9.10. The van der Waals surface area contributed by atoms with Gasteiger partial charge in [-0.1, -0.05) is 15.9 Å². The third-order valence-corrected chi connectivity index (χ3v) is 6.56. The summed E-state index contributed by atoms with van der Waals surface area (Å²) < 4.78 is 24.7. The zero-order chi connectivity index (χ0) is 19.4. The van der Waals surface area contributed by atoms with Crippen molar-refractivity contribution in [2.24, 2.45) is 0 Å². The molecule has 0 fully saturated rings. The second-order valence-corrected chi connectivity index (χ2v) is 10.3. The van der Waals surface area contributed by atoms with Gasteiger partial charge < -0.3 is 10.6 Å². The van der Waals surface area contributed by atoms with Gasteiger partial charge in [0.1, 0.15) is 0 Å². The molecule has 0 aliphatic heterocycles. The minimum atomic E-state index is -3.47. The Kier molecular flexibility index (Phi) is 6.41. The Labute approximate surface area is 162 Å². The van der Waals surface area contributed by atoms with Crippen molar-refractivity contribution in [1.29, 1.82) is 0 Å². The van der Waals surface area contributed by atoms with E-state index in [1.165, 1.54) is 12.3 Å². The van der Waals surface area contributed by atoms with Gasteiger partial charge in [-0.25, -0.2) is 13.4 Å². The number of benzene rings is 1. The van der Waals surface area contributed by atoms with E-state index in [4.69, 9.17) is 0 Å². The summed E-state index contributed by atoms with van der Waals surface area (Å²) in [4.78, 5) is 16.0. The first-order valence-corrected chi connectivity index (χ1v) is 10.4. The lowest BCUT2D eigenvalue weighted by Gasteiger charge is -2.18. The van der Waals surface area contributed by atoms with E-state index in [2.05, 4.69) is 31.5 Å². The number of pyridine rings is 1. The van der Waals surface area contributed by atoms with Crippen LogP contribution in [-0.2, 0) is 14.6 Å². The average molecular weight is 440 g/mol. The maximum atomic E-state index is 12.3. The molecule has 0 saturated carbocycles. The van der Waals surface area contributed by atoms with Gasteiger partial charge in [0.25, 0.3) is 0 Å². The molecule has 2 rings (SSSR count). The normalized spacial score (nSPS) is 11.8. The van der Waals surface area contributed by atoms with Crippen LogP contribution in [0.4, 0.5) is 11.4 Å². The summed E-state index contributed by atoms with van der Waals surface area (Å²) in [5.74, 6) is -0.111. The molecule has 0 saturated heterocycles. The van der Waals surface area contributed by atoms with Crippen LogP contribution in [0.25, 0.3) is 0 Å². The molecule has 1 aromatic carbocycles. The Bertz CT molecular complexity index is 858. The largest absolute Gasteiger partial charge is 0.383 e. The fourth-order valence-electron chi connectivity index (χ4n) is 2.03. The molecule has 0 aliphatic rings. The number of aromatic nitrogens is 1. The lowest BCUT2D eigenvalue weighted by Crippen LogP contribution is -2.28. The predicted octanol–water partition coefficient (Wildman–Crippen LogP) is 3.86. The van der Waals surface area contributed by atoms with Crippen LogP contribution < -0.4 is 10.6 Å². The van der Waals surface area contributed by atoms with E-state index in [0.717, 1.165) is 10.2 Å². The van der Waals surface area contributed by atoms with E-state index in [0.29, 0.717) is 12.2 Å². The summed E-state index contributed by atoms with van der Waals surface area (Å²) in [5.41, 5.74) is 1.39. The third-order valence-electron chi connectivity index (χ3n) is 3.63. The number of nitrogens with one attached hydrogen (secondary N) is 2. The van der Waals surface area contributed by atoms with Crippen molar-refractivity contribution in [3.63, 3.8) is 0 Å². The number of carbonyl (C=O) groups excluding carboxylic acids is 1. The lowest BCUT2D eigenvalue weighted by molar-refractivity contribution is -0.115. The minimum absolute atomic E-state index is 0.0449. The molecule has 8 heteroatoms. The van der Waals surface area contributed by atoms with Crippen molar-refractivity contribution >= 4 is 43.0 Å². The zero-order valence-corrected chi connectivity index (χ0v) is 17.3. The average Bonchev–Trinajstić information content (AvgIpc) is 2.56. The first-order valence-electron chi connectivity index (χ1n) is 8.09.